The molecule has 2 heterocycles. The highest BCUT2D eigenvalue weighted by atomic mass is 32.1. The lowest BCUT2D eigenvalue weighted by molar-refractivity contribution is 0.0955. The number of rotatable bonds is 1. The van der Waals surface area contributed by atoms with Crippen LogP contribution < -0.4 is 10.9 Å². The maximum Gasteiger partial charge on any atom is 0.274 e. The van der Waals surface area contributed by atoms with Gasteiger partial charge in [-0.3, -0.25) is 9.59 Å². The first-order valence-corrected chi connectivity index (χ1v) is 4.66. The standard InChI is InChI=1S/C7H6N4O2S/c1-8-6(13)4-2-5(12)10-7-11(4)9-3-14-7/h2-3H,1H3,(H,8,13). The lowest BCUT2D eigenvalue weighted by Gasteiger charge is -1.99. The van der Waals surface area contributed by atoms with Gasteiger partial charge in [-0.1, -0.05) is 11.3 Å². The first-order valence-electron chi connectivity index (χ1n) is 3.78. The Kier molecular flexibility index (Phi) is 2.01. The summed E-state index contributed by atoms with van der Waals surface area (Å²) < 4.78 is 1.34. The van der Waals surface area contributed by atoms with Gasteiger partial charge in [-0.2, -0.15) is 14.6 Å². The van der Waals surface area contributed by atoms with Gasteiger partial charge in [0.15, 0.2) is 0 Å². The number of amides is 1. The van der Waals surface area contributed by atoms with Gasteiger partial charge in [-0.05, 0) is 0 Å². The van der Waals surface area contributed by atoms with Crippen molar-refractivity contribution in [3.63, 3.8) is 0 Å². The summed E-state index contributed by atoms with van der Waals surface area (Å²) in [4.78, 5) is 26.6. The summed E-state index contributed by atoms with van der Waals surface area (Å²) in [5, 5.41) is 6.33. The number of aromatic nitrogens is 3. The van der Waals surface area contributed by atoms with E-state index in [2.05, 4.69) is 15.4 Å². The molecular weight excluding hydrogens is 204 g/mol. The number of nitrogens with zero attached hydrogens (tertiary/aromatic N) is 3. The lowest BCUT2D eigenvalue weighted by atomic mass is 10.4. The second-order valence-corrected chi connectivity index (χ2v) is 3.30. The minimum atomic E-state index is -0.437. The van der Waals surface area contributed by atoms with Crippen molar-refractivity contribution >= 4 is 22.2 Å². The molecule has 0 fully saturated rings. The van der Waals surface area contributed by atoms with Crippen LogP contribution in [-0.4, -0.2) is 27.6 Å². The Bertz CT molecular complexity index is 544. The van der Waals surface area contributed by atoms with E-state index < -0.39 is 5.56 Å². The monoisotopic (exact) mass is 210 g/mol. The minimum absolute atomic E-state index is 0.198. The zero-order valence-electron chi connectivity index (χ0n) is 7.22. The van der Waals surface area contributed by atoms with Gasteiger partial charge in [0.1, 0.15) is 11.2 Å². The van der Waals surface area contributed by atoms with E-state index in [9.17, 15) is 9.59 Å². The van der Waals surface area contributed by atoms with Gasteiger partial charge >= 0.3 is 0 Å². The van der Waals surface area contributed by atoms with Crippen molar-refractivity contribution < 1.29 is 4.79 Å². The number of carbonyl (C=O) groups excluding carboxylic acids is 1. The van der Waals surface area contributed by atoms with Crippen molar-refractivity contribution in [3.05, 3.63) is 27.6 Å². The van der Waals surface area contributed by atoms with Crippen LogP contribution in [0.5, 0.6) is 0 Å². The molecule has 0 aromatic carbocycles. The highest BCUT2D eigenvalue weighted by Gasteiger charge is 2.11. The van der Waals surface area contributed by atoms with Crippen LogP contribution in [0, 0.1) is 0 Å². The molecule has 2 aromatic heterocycles. The van der Waals surface area contributed by atoms with Gasteiger partial charge in [0, 0.05) is 13.1 Å². The average molecular weight is 210 g/mol. The molecule has 14 heavy (non-hydrogen) atoms. The molecule has 0 saturated heterocycles. The zero-order valence-corrected chi connectivity index (χ0v) is 8.04. The van der Waals surface area contributed by atoms with Crippen LogP contribution in [0.15, 0.2) is 16.4 Å². The molecule has 0 saturated carbocycles. The van der Waals surface area contributed by atoms with Crippen molar-refractivity contribution in [1.29, 1.82) is 0 Å². The number of fused-ring (bicyclic) bond motifs is 1. The summed E-state index contributed by atoms with van der Waals surface area (Å²) in [6, 6.07) is 1.16. The molecule has 6 nitrogen and oxygen atoms in total. The first kappa shape index (κ1) is 8.82. The third-order valence-electron chi connectivity index (χ3n) is 1.66. The fourth-order valence-corrected chi connectivity index (χ4v) is 1.67. The van der Waals surface area contributed by atoms with Gasteiger partial charge in [0.25, 0.3) is 11.5 Å². The fourth-order valence-electron chi connectivity index (χ4n) is 1.05. The maximum absolute atomic E-state index is 11.3. The molecule has 0 spiro atoms. The molecule has 1 amide bonds. The topological polar surface area (TPSA) is 76.4 Å². The molecule has 1 N–H and O–H groups in total. The van der Waals surface area contributed by atoms with E-state index in [4.69, 9.17) is 0 Å². The van der Waals surface area contributed by atoms with Gasteiger partial charge in [0.05, 0.1) is 0 Å². The summed E-state index contributed by atoms with van der Waals surface area (Å²) >= 11 is 1.20. The predicted molar refractivity (Wildman–Crippen MR) is 50.5 cm³/mol. The van der Waals surface area contributed by atoms with Crippen molar-refractivity contribution in [2.45, 2.75) is 0 Å². The molecule has 0 radical (unpaired) electrons. The van der Waals surface area contributed by atoms with E-state index in [1.54, 1.807) is 0 Å². The Hall–Kier alpha value is -1.76. The molecule has 7 heteroatoms. The third kappa shape index (κ3) is 1.27. The van der Waals surface area contributed by atoms with Crippen LogP contribution in [0.2, 0.25) is 0 Å². The summed E-state index contributed by atoms with van der Waals surface area (Å²) in [7, 11) is 1.49. The average Bonchev–Trinajstić information content (AvgIpc) is 2.62. The molecule has 0 aliphatic rings. The summed E-state index contributed by atoms with van der Waals surface area (Å²) in [6.07, 6.45) is 0. The Morgan fingerprint density at radius 1 is 1.64 bits per heavy atom. The largest absolute Gasteiger partial charge is 0.354 e. The molecule has 0 unspecified atom stereocenters. The van der Waals surface area contributed by atoms with Gasteiger partial charge in [-0.25, -0.2) is 0 Å². The SMILES string of the molecule is CNC(=O)c1cc(=O)nc2scnn12. The molecule has 0 atom stereocenters. The van der Waals surface area contributed by atoms with Crippen molar-refractivity contribution in [2.24, 2.45) is 0 Å². The fraction of sp³-hybridized carbons (Fsp3) is 0.143. The normalized spacial score (nSPS) is 10.4. The van der Waals surface area contributed by atoms with Crippen molar-refractivity contribution in [3.8, 4) is 0 Å². The first-order chi connectivity index (χ1) is 6.72. The van der Waals surface area contributed by atoms with Gasteiger partial charge < -0.3 is 5.32 Å². The van der Waals surface area contributed by atoms with Gasteiger partial charge in [-0.15, -0.1) is 0 Å². The van der Waals surface area contributed by atoms with E-state index in [1.807, 2.05) is 0 Å². The summed E-state index contributed by atoms with van der Waals surface area (Å²) in [5.41, 5.74) is 1.28. The van der Waals surface area contributed by atoms with Crippen molar-refractivity contribution in [1.82, 2.24) is 19.9 Å². The highest BCUT2D eigenvalue weighted by Crippen LogP contribution is 2.05. The molecular formula is C7H6N4O2S. The number of hydrogen-bond acceptors (Lipinski definition) is 5. The molecule has 0 aliphatic heterocycles. The van der Waals surface area contributed by atoms with E-state index in [0.29, 0.717) is 4.96 Å². The molecule has 0 bridgehead atoms. The minimum Gasteiger partial charge on any atom is -0.354 e. The molecule has 72 valence electrons. The number of hydrogen-bond donors (Lipinski definition) is 1. The molecule has 0 aliphatic carbocycles. The van der Waals surface area contributed by atoms with Crippen LogP contribution in [0.3, 0.4) is 0 Å². The summed E-state index contributed by atoms with van der Waals surface area (Å²) in [5.74, 6) is -0.356. The summed E-state index contributed by atoms with van der Waals surface area (Å²) in [6.45, 7) is 0. The second kappa shape index (κ2) is 3.18. The predicted octanol–water partition coefficient (Wildman–Crippen LogP) is -0.489. The van der Waals surface area contributed by atoms with E-state index >= 15 is 0 Å². The van der Waals surface area contributed by atoms with Crippen LogP contribution >= 0.6 is 11.3 Å². The second-order valence-electron chi connectivity index (χ2n) is 2.49. The van der Waals surface area contributed by atoms with Gasteiger partial charge in [0.2, 0.25) is 4.96 Å². The third-order valence-corrected chi connectivity index (χ3v) is 2.33. The van der Waals surface area contributed by atoms with Crippen LogP contribution in [0.4, 0.5) is 0 Å². The van der Waals surface area contributed by atoms with E-state index in [-0.39, 0.29) is 11.6 Å². The lowest BCUT2D eigenvalue weighted by Crippen LogP contribution is -2.24. The number of nitrogens with one attached hydrogen (secondary N) is 1. The van der Waals surface area contributed by atoms with Crippen molar-refractivity contribution in [2.75, 3.05) is 7.05 Å². The quantitative estimate of drug-likeness (QED) is 0.689. The van der Waals surface area contributed by atoms with Crippen LogP contribution in [0.25, 0.3) is 4.96 Å². The van der Waals surface area contributed by atoms with Crippen LogP contribution in [0.1, 0.15) is 10.5 Å². The van der Waals surface area contributed by atoms with Crippen LogP contribution in [-0.2, 0) is 0 Å². The Morgan fingerprint density at radius 3 is 3.14 bits per heavy atom. The smallest absolute Gasteiger partial charge is 0.274 e. The van der Waals surface area contributed by atoms with E-state index in [1.165, 1.54) is 28.4 Å². The Balaban J connectivity index is 2.79. The Morgan fingerprint density at radius 2 is 2.43 bits per heavy atom. The van der Waals surface area contributed by atoms with E-state index in [0.717, 1.165) is 6.07 Å². The number of carbonyl (C=O) groups is 1. The highest BCUT2D eigenvalue weighted by molar-refractivity contribution is 7.14. The molecule has 2 rings (SSSR count). The zero-order chi connectivity index (χ0) is 10.1. The molecule has 2 aromatic rings. The Labute approximate surface area is 82.2 Å². The maximum atomic E-state index is 11.3.